The fourth-order valence-corrected chi connectivity index (χ4v) is 3.92. The van der Waals surface area contributed by atoms with Gasteiger partial charge in [0.05, 0.1) is 16.8 Å². The van der Waals surface area contributed by atoms with E-state index in [0.29, 0.717) is 0 Å². The average molecular weight is 343 g/mol. The van der Waals surface area contributed by atoms with Crippen molar-refractivity contribution < 1.29 is 8.42 Å². The molecule has 24 heavy (non-hydrogen) atoms. The van der Waals surface area contributed by atoms with Gasteiger partial charge in [-0.2, -0.15) is 0 Å². The van der Waals surface area contributed by atoms with Gasteiger partial charge in [0.2, 0.25) is 10.0 Å². The molecule has 5 nitrogen and oxygen atoms in total. The molecule has 0 unspecified atom stereocenters. The van der Waals surface area contributed by atoms with E-state index in [1.54, 1.807) is 0 Å². The molecule has 0 saturated carbocycles. The first kappa shape index (κ1) is 16.7. The zero-order valence-electron chi connectivity index (χ0n) is 14.1. The van der Waals surface area contributed by atoms with Crippen molar-refractivity contribution in [3.8, 4) is 0 Å². The van der Waals surface area contributed by atoms with Crippen LogP contribution >= 0.6 is 0 Å². The van der Waals surface area contributed by atoms with Crippen molar-refractivity contribution in [1.29, 1.82) is 0 Å². The zero-order valence-corrected chi connectivity index (χ0v) is 14.9. The lowest BCUT2D eigenvalue weighted by atomic mass is 10.1. The third-order valence-electron chi connectivity index (χ3n) is 4.27. The van der Waals surface area contributed by atoms with E-state index in [9.17, 15) is 8.42 Å². The van der Waals surface area contributed by atoms with Crippen LogP contribution in [-0.2, 0) is 29.4 Å². The van der Waals surface area contributed by atoms with Crippen LogP contribution in [0.5, 0.6) is 0 Å². The van der Waals surface area contributed by atoms with Gasteiger partial charge in [0.15, 0.2) is 0 Å². The maximum Gasteiger partial charge on any atom is 0.216 e. The molecule has 0 atom stereocenters. The predicted octanol–water partition coefficient (Wildman–Crippen LogP) is 2.81. The molecule has 3 aromatic rings. The van der Waals surface area contributed by atoms with Gasteiger partial charge in [-0.1, -0.05) is 30.3 Å². The fourth-order valence-electron chi connectivity index (χ4n) is 2.70. The lowest BCUT2D eigenvalue weighted by Gasteiger charge is -2.09. The van der Waals surface area contributed by atoms with E-state index in [1.165, 1.54) is 0 Å². The quantitative estimate of drug-likeness (QED) is 0.775. The highest BCUT2D eigenvalue weighted by Gasteiger charge is 2.13. The predicted molar refractivity (Wildman–Crippen MR) is 96.1 cm³/mol. The number of nitrogens with zero attached hydrogens (tertiary/aromatic N) is 2. The maximum atomic E-state index is 12.3. The fraction of sp³-hybridized carbons (Fsp3) is 0.278. The molecule has 126 valence electrons. The molecule has 2 aromatic carbocycles. The molecule has 1 N–H and O–H groups in total. The summed E-state index contributed by atoms with van der Waals surface area (Å²) in [5.41, 5.74) is 4.62. The van der Waals surface area contributed by atoms with Crippen LogP contribution in [0.25, 0.3) is 11.0 Å². The number of aryl methyl sites for hydroxylation is 3. The van der Waals surface area contributed by atoms with E-state index in [2.05, 4.69) is 9.71 Å². The van der Waals surface area contributed by atoms with Crippen molar-refractivity contribution in [2.45, 2.75) is 26.1 Å². The van der Waals surface area contributed by atoms with Gasteiger partial charge in [0.25, 0.3) is 0 Å². The van der Waals surface area contributed by atoms with Crippen LogP contribution in [0.4, 0.5) is 0 Å². The summed E-state index contributed by atoms with van der Waals surface area (Å²) in [6.07, 6.45) is 0. The highest BCUT2D eigenvalue weighted by Crippen LogP contribution is 2.17. The van der Waals surface area contributed by atoms with Crippen molar-refractivity contribution in [1.82, 2.24) is 14.3 Å². The Morgan fingerprint density at radius 1 is 1.12 bits per heavy atom. The summed E-state index contributed by atoms with van der Waals surface area (Å²) in [7, 11) is -1.42. The molecule has 3 rings (SSSR count). The van der Waals surface area contributed by atoms with Crippen LogP contribution < -0.4 is 4.72 Å². The Labute approximate surface area is 142 Å². The summed E-state index contributed by atoms with van der Waals surface area (Å²) in [5, 5.41) is 0. The van der Waals surface area contributed by atoms with Crippen molar-refractivity contribution in [2.24, 2.45) is 7.05 Å². The van der Waals surface area contributed by atoms with Crippen LogP contribution in [0.15, 0.2) is 42.5 Å². The van der Waals surface area contributed by atoms with Gasteiger partial charge < -0.3 is 4.57 Å². The minimum absolute atomic E-state index is 0.00931. The van der Waals surface area contributed by atoms with Crippen molar-refractivity contribution in [2.75, 3.05) is 0 Å². The normalized spacial score (nSPS) is 12.0. The monoisotopic (exact) mass is 343 g/mol. The first-order valence-corrected chi connectivity index (χ1v) is 9.45. The molecule has 6 heteroatoms. The van der Waals surface area contributed by atoms with Gasteiger partial charge in [0.1, 0.15) is 5.82 Å². The molecule has 0 spiro atoms. The van der Waals surface area contributed by atoms with E-state index >= 15 is 0 Å². The Kier molecular flexibility index (Phi) is 4.43. The lowest BCUT2D eigenvalue weighted by molar-refractivity contribution is 0.580. The largest absolute Gasteiger partial charge is 0.331 e. The Balaban J connectivity index is 1.74. The van der Waals surface area contributed by atoms with Crippen molar-refractivity contribution in [3.05, 3.63) is 65.0 Å². The molecule has 0 aliphatic rings. The van der Waals surface area contributed by atoms with E-state index in [4.69, 9.17) is 0 Å². The molecule has 0 aliphatic heterocycles. The molecule has 0 saturated heterocycles. The number of hydrogen-bond donors (Lipinski definition) is 1. The van der Waals surface area contributed by atoms with Gasteiger partial charge in [-0.3, -0.25) is 0 Å². The Morgan fingerprint density at radius 3 is 2.62 bits per heavy atom. The molecule has 0 amide bonds. The molecule has 1 aromatic heterocycles. The SMILES string of the molecule is Cc1ccccc1CS(=O)(=O)NCc1ccc2c(c1)nc(C)n2C. The summed E-state index contributed by atoms with van der Waals surface area (Å²) >= 11 is 0. The highest BCUT2D eigenvalue weighted by molar-refractivity contribution is 7.88. The number of sulfonamides is 1. The Bertz CT molecular complexity index is 991. The van der Waals surface area contributed by atoms with Gasteiger partial charge in [-0.05, 0) is 42.7 Å². The number of fused-ring (bicyclic) bond motifs is 1. The third-order valence-corrected chi connectivity index (χ3v) is 5.55. The van der Waals surface area contributed by atoms with Crippen LogP contribution in [0.1, 0.15) is 22.5 Å². The number of rotatable bonds is 5. The third kappa shape index (κ3) is 3.49. The van der Waals surface area contributed by atoms with Crippen LogP contribution in [0.2, 0.25) is 0 Å². The van der Waals surface area contributed by atoms with Gasteiger partial charge in [-0.25, -0.2) is 18.1 Å². The highest BCUT2D eigenvalue weighted by atomic mass is 32.2. The number of aromatic nitrogens is 2. The smallest absolute Gasteiger partial charge is 0.216 e. The Morgan fingerprint density at radius 2 is 1.88 bits per heavy atom. The van der Waals surface area contributed by atoms with Crippen LogP contribution in [-0.4, -0.2) is 18.0 Å². The average Bonchev–Trinajstić information content (AvgIpc) is 2.82. The second-order valence-corrected chi connectivity index (χ2v) is 7.85. The summed E-state index contributed by atoms with van der Waals surface area (Å²) in [6.45, 7) is 4.13. The van der Waals surface area contributed by atoms with Crippen molar-refractivity contribution >= 4 is 21.1 Å². The molecule has 0 fully saturated rings. The van der Waals surface area contributed by atoms with E-state index < -0.39 is 10.0 Å². The van der Waals surface area contributed by atoms with Gasteiger partial charge >= 0.3 is 0 Å². The number of hydrogen-bond acceptors (Lipinski definition) is 3. The van der Waals surface area contributed by atoms with Crippen molar-refractivity contribution in [3.63, 3.8) is 0 Å². The molecule has 1 heterocycles. The molecule has 0 bridgehead atoms. The summed E-state index contributed by atoms with van der Waals surface area (Å²) in [5.74, 6) is 0.923. The second-order valence-electron chi connectivity index (χ2n) is 6.05. The van der Waals surface area contributed by atoms with Gasteiger partial charge in [-0.15, -0.1) is 0 Å². The number of nitrogens with one attached hydrogen (secondary N) is 1. The summed E-state index contributed by atoms with van der Waals surface area (Å²) in [6, 6.07) is 13.4. The molecular formula is C18H21N3O2S. The summed E-state index contributed by atoms with van der Waals surface area (Å²) in [4.78, 5) is 4.48. The van der Waals surface area contributed by atoms with E-state index in [-0.39, 0.29) is 12.3 Å². The molecule has 0 aliphatic carbocycles. The lowest BCUT2D eigenvalue weighted by Crippen LogP contribution is -2.25. The van der Waals surface area contributed by atoms with E-state index in [0.717, 1.165) is 33.5 Å². The standard InChI is InChI=1S/C18H21N3O2S/c1-13-6-4-5-7-16(13)12-24(22,23)19-11-15-8-9-18-17(10-15)20-14(2)21(18)3/h4-10,19H,11-12H2,1-3H3. The maximum absolute atomic E-state index is 12.3. The molecular weight excluding hydrogens is 322 g/mol. The minimum Gasteiger partial charge on any atom is -0.331 e. The summed E-state index contributed by atoms with van der Waals surface area (Å²) < 4.78 is 29.3. The topological polar surface area (TPSA) is 64.0 Å². The number of imidazole rings is 1. The first-order chi connectivity index (χ1) is 11.4. The molecule has 0 radical (unpaired) electrons. The van der Waals surface area contributed by atoms with Gasteiger partial charge in [0, 0.05) is 13.6 Å². The Hall–Kier alpha value is -2.18. The van der Waals surface area contributed by atoms with E-state index in [1.807, 2.05) is 67.9 Å². The van der Waals surface area contributed by atoms with Crippen LogP contribution in [0, 0.1) is 13.8 Å². The van der Waals surface area contributed by atoms with Crippen LogP contribution in [0.3, 0.4) is 0 Å². The second kappa shape index (κ2) is 6.37. The number of benzene rings is 2. The zero-order chi connectivity index (χ0) is 17.3. The first-order valence-electron chi connectivity index (χ1n) is 7.79. The minimum atomic E-state index is -3.39.